The van der Waals surface area contributed by atoms with E-state index in [-0.39, 0.29) is 18.6 Å². The molecule has 0 spiro atoms. The molecule has 0 aliphatic rings. The van der Waals surface area contributed by atoms with Crippen molar-refractivity contribution in [3.8, 4) is 6.07 Å². The summed E-state index contributed by atoms with van der Waals surface area (Å²) in [6, 6.07) is 8.73. The predicted octanol–water partition coefficient (Wildman–Crippen LogP) is 2.09. The van der Waals surface area contributed by atoms with Gasteiger partial charge in [-0.05, 0) is 38.0 Å². The van der Waals surface area contributed by atoms with Gasteiger partial charge in [-0.2, -0.15) is 5.26 Å². The quantitative estimate of drug-likeness (QED) is 0.802. The van der Waals surface area contributed by atoms with Crippen LogP contribution in [0.5, 0.6) is 0 Å². The van der Waals surface area contributed by atoms with E-state index in [1.165, 1.54) is 0 Å². The Labute approximate surface area is 124 Å². The maximum atomic E-state index is 11.8. The number of anilines is 1. The smallest absolute Gasteiger partial charge is 0.303 e. The number of aliphatic carboxylic acids is 1. The van der Waals surface area contributed by atoms with Crippen LogP contribution in [0.2, 0.25) is 0 Å². The van der Waals surface area contributed by atoms with E-state index in [1.54, 1.807) is 38.1 Å². The van der Waals surface area contributed by atoms with Crippen molar-refractivity contribution in [2.75, 3.05) is 10.5 Å². The summed E-state index contributed by atoms with van der Waals surface area (Å²) < 4.78 is 25.9. The van der Waals surface area contributed by atoms with Crippen molar-refractivity contribution in [3.05, 3.63) is 29.8 Å². The third-order valence-electron chi connectivity index (χ3n) is 2.96. The molecule has 2 N–H and O–H groups in total. The molecule has 1 aromatic carbocycles. The van der Waals surface area contributed by atoms with E-state index >= 15 is 0 Å². The van der Waals surface area contributed by atoms with Crippen molar-refractivity contribution in [3.63, 3.8) is 0 Å². The highest BCUT2D eigenvalue weighted by Crippen LogP contribution is 2.23. The fraction of sp³-hybridized carbons (Fsp3) is 0.429. The molecule has 0 aliphatic carbocycles. The Bertz CT molecular complexity index is 643. The molecule has 0 unspecified atom stereocenters. The number of carboxylic acid groups (broad SMARTS) is 1. The molecule has 0 heterocycles. The maximum Gasteiger partial charge on any atom is 0.303 e. The summed E-state index contributed by atoms with van der Waals surface area (Å²) in [5.41, 5.74) is 0.542. The van der Waals surface area contributed by atoms with E-state index in [4.69, 9.17) is 10.4 Å². The van der Waals surface area contributed by atoms with Gasteiger partial charge in [0.1, 0.15) is 0 Å². The van der Waals surface area contributed by atoms with Crippen LogP contribution in [0.4, 0.5) is 5.69 Å². The van der Waals surface area contributed by atoms with E-state index in [0.717, 1.165) is 5.56 Å². The number of hydrogen-bond donors (Lipinski definition) is 2. The molecule has 0 bridgehead atoms. The molecule has 7 heteroatoms. The number of benzene rings is 1. The van der Waals surface area contributed by atoms with Gasteiger partial charge in [0, 0.05) is 12.1 Å². The summed E-state index contributed by atoms with van der Waals surface area (Å²) in [6.07, 6.45) is -0.125. The molecule has 0 fully saturated rings. The lowest BCUT2D eigenvalue weighted by molar-refractivity contribution is -0.137. The number of nitrogens with zero attached hydrogens (tertiary/aromatic N) is 1. The predicted molar refractivity (Wildman–Crippen MR) is 79.4 cm³/mol. The molecule has 0 saturated heterocycles. The minimum Gasteiger partial charge on any atom is -0.481 e. The topological polar surface area (TPSA) is 107 Å². The summed E-state index contributed by atoms with van der Waals surface area (Å²) in [5, 5.41) is 17.5. The van der Waals surface area contributed by atoms with Gasteiger partial charge in [-0.15, -0.1) is 0 Å². The monoisotopic (exact) mass is 310 g/mol. The molecule has 0 amide bonds. The van der Waals surface area contributed by atoms with E-state index in [0.29, 0.717) is 5.69 Å². The van der Waals surface area contributed by atoms with E-state index < -0.39 is 21.4 Å². The largest absolute Gasteiger partial charge is 0.481 e. The van der Waals surface area contributed by atoms with Crippen molar-refractivity contribution in [1.82, 2.24) is 0 Å². The fourth-order valence-electron chi connectivity index (χ4n) is 1.66. The molecular formula is C14H18N2O4S. The molecule has 1 rings (SSSR count). The number of nitriles is 1. The Morgan fingerprint density at radius 1 is 1.33 bits per heavy atom. The lowest BCUT2D eigenvalue weighted by Crippen LogP contribution is -2.18. The first-order valence-electron chi connectivity index (χ1n) is 6.40. The highest BCUT2D eigenvalue weighted by molar-refractivity contribution is 7.92. The van der Waals surface area contributed by atoms with Gasteiger partial charge in [-0.1, -0.05) is 12.1 Å². The zero-order chi connectivity index (χ0) is 16.1. The average molecular weight is 310 g/mol. The number of carboxylic acids is 1. The van der Waals surface area contributed by atoms with Crippen LogP contribution in [0.3, 0.4) is 0 Å². The summed E-state index contributed by atoms with van der Waals surface area (Å²) in [7, 11) is -3.56. The number of hydrogen-bond acceptors (Lipinski definition) is 4. The van der Waals surface area contributed by atoms with E-state index in [2.05, 4.69) is 10.8 Å². The van der Waals surface area contributed by atoms with E-state index in [9.17, 15) is 13.2 Å². The van der Waals surface area contributed by atoms with Crippen molar-refractivity contribution in [2.24, 2.45) is 0 Å². The van der Waals surface area contributed by atoms with Gasteiger partial charge in [0.05, 0.1) is 17.2 Å². The molecule has 0 saturated carbocycles. The average Bonchev–Trinajstić information content (AvgIpc) is 2.38. The molecule has 0 atom stereocenters. The summed E-state index contributed by atoms with van der Waals surface area (Å²) >= 11 is 0. The van der Waals surface area contributed by atoms with Crippen molar-refractivity contribution >= 4 is 21.7 Å². The zero-order valence-electron chi connectivity index (χ0n) is 12.0. The summed E-state index contributed by atoms with van der Waals surface area (Å²) in [6.45, 7) is 3.55. The fourth-order valence-corrected chi connectivity index (χ4v) is 2.79. The molecule has 6 nitrogen and oxygen atoms in total. The maximum absolute atomic E-state index is 11.8. The van der Waals surface area contributed by atoms with E-state index in [1.807, 2.05) is 0 Å². The highest BCUT2D eigenvalue weighted by atomic mass is 32.2. The number of rotatable bonds is 7. The SMILES string of the molecule is CC(C)(C#N)c1ccc(NS(=O)(=O)CCCC(=O)O)cc1. The standard InChI is InChI=1S/C14H18N2O4S/c1-14(2,10-15)11-5-7-12(8-6-11)16-21(19,20)9-3-4-13(17)18/h5-8,16H,3-4,9H2,1-2H3,(H,17,18). The number of nitrogens with one attached hydrogen (secondary N) is 1. The second kappa shape index (κ2) is 6.59. The lowest BCUT2D eigenvalue weighted by atomic mass is 9.86. The van der Waals surface area contributed by atoms with Crippen molar-refractivity contribution in [2.45, 2.75) is 32.1 Å². The van der Waals surface area contributed by atoms with Gasteiger partial charge in [0.2, 0.25) is 10.0 Å². The van der Waals surface area contributed by atoms with Crippen molar-refractivity contribution < 1.29 is 18.3 Å². The normalized spacial score (nSPS) is 11.7. The van der Waals surface area contributed by atoms with Crippen LogP contribution in [0.1, 0.15) is 32.3 Å². The molecule has 114 valence electrons. The van der Waals surface area contributed by atoms with Crippen LogP contribution >= 0.6 is 0 Å². The molecular weight excluding hydrogens is 292 g/mol. The zero-order valence-corrected chi connectivity index (χ0v) is 12.8. The van der Waals surface area contributed by atoms with Crippen LogP contribution < -0.4 is 4.72 Å². The van der Waals surface area contributed by atoms with Crippen LogP contribution in [0, 0.1) is 11.3 Å². The van der Waals surface area contributed by atoms with Crippen LogP contribution in [-0.4, -0.2) is 25.2 Å². The minimum absolute atomic E-state index is 0.0597. The summed E-state index contributed by atoms with van der Waals surface area (Å²) in [4.78, 5) is 10.4. The first-order valence-corrected chi connectivity index (χ1v) is 8.05. The Morgan fingerprint density at radius 3 is 2.38 bits per heavy atom. The Hall–Kier alpha value is -2.07. The van der Waals surface area contributed by atoms with Gasteiger partial charge in [0.25, 0.3) is 0 Å². The van der Waals surface area contributed by atoms with Crippen LogP contribution in [-0.2, 0) is 20.2 Å². The van der Waals surface area contributed by atoms with Crippen LogP contribution in [0.15, 0.2) is 24.3 Å². The second-order valence-electron chi connectivity index (χ2n) is 5.23. The molecule has 21 heavy (non-hydrogen) atoms. The van der Waals surface area contributed by atoms with Crippen LogP contribution in [0.25, 0.3) is 0 Å². The van der Waals surface area contributed by atoms with Crippen molar-refractivity contribution in [1.29, 1.82) is 5.26 Å². The Balaban J connectivity index is 2.72. The van der Waals surface area contributed by atoms with Gasteiger partial charge >= 0.3 is 5.97 Å². The number of carbonyl (C=O) groups is 1. The second-order valence-corrected chi connectivity index (χ2v) is 7.07. The molecule has 1 aromatic rings. The van der Waals surface area contributed by atoms with Gasteiger partial charge in [-0.25, -0.2) is 8.42 Å². The number of sulfonamides is 1. The van der Waals surface area contributed by atoms with Gasteiger partial charge in [-0.3, -0.25) is 9.52 Å². The third kappa shape index (κ3) is 5.44. The first-order chi connectivity index (χ1) is 9.66. The van der Waals surface area contributed by atoms with Gasteiger partial charge < -0.3 is 5.11 Å². The lowest BCUT2D eigenvalue weighted by Gasteiger charge is -2.16. The van der Waals surface area contributed by atoms with Gasteiger partial charge in [0.15, 0.2) is 0 Å². The highest BCUT2D eigenvalue weighted by Gasteiger charge is 2.19. The molecule has 0 aromatic heterocycles. The first kappa shape index (κ1) is 17.0. The molecule has 0 aliphatic heterocycles. The molecule has 0 radical (unpaired) electrons. The summed E-state index contributed by atoms with van der Waals surface area (Å²) in [5.74, 6) is -1.27. The third-order valence-corrected chi connectivity index (χ3v) is 4.34. The Morgan fingerprint density at radius 2 is 1.90 bits per heavy atom. The minimum atomic E-state index is -3.56. The Kier molecular flexibility index (Phi) is 5.33.